The highest BCUT2D eigenvalue weighted by Crippen LogP contribution is 2.28. The van der Waals surface area contributed by atoms with Crippen LogP contribution in [0.1, 0.15) is 29.3 Å². The van der Waals surface area contributed by atoms with Crippen LogP contribution in [0.2, 0.25) is 0 Å². The number of fused-ring (bicyclic) bond motifs is 1. The van der Waals surface area contributed by atoms with Crippen molar-refractivity contribution in [2.45, 2.75) is 46.0 Å². The van der Waals surface area contributed by atoms with Gasteiger partial charge in [0, 0.05) is 30.1 Å². The quantitative estimate of drug-likeness (QED) is 0.143. The number of carbonyl (C=O) groups excluding carboxylic acids is 3. The number of ether oxygens (including phenoxy) is 2. The van der Waals surface area contributed by atoms with Crippen LogP contribution in [-0.4, -0.2) is 43.6 Å². The number of thiophene rings is 1. The van der Waals surface area contributed by atoms with Crippen molar-refractivity contribution in [3.05, 3.63) is 99.4 Å². The Morgan fingerprint density at radius 2 is 1.80 bits per heavy atom. The number of amides is 1. The Bertz CT molecular complexity index is 1810. The van der Waals surface area contributed by atoms with E-state index in [0.29, 0.717) is 17.9 Å². The third kappa shape index (κ3) is 7.95. The van der Waals surface area contributed by atoms with Gasteiger partial charge in [-0.2, -0.15) is 4.98 Å². The Labute approximate surface area is 256 Å². The van der Waals surface area contributed by atoms with Crippen molar-refractivity contribution in [2.75, 3.05) is 5.32 Å². The first-order chi connectivity index (χ1) is 21.2. The van der Waals surface area contributed by atoms with E-state index < -0.39 is 29.8 Å². The average molecular weight is 615 g/mol. The lowest BCUT2D eigenvalue weighted by Gasteiger charge is -2.19. The van der Waals surface area contributed by atoms with Gasteiger partial charge < -0.3 is 25.1 Å². The Morgan fingerprint density at radius 3 is 2.57 bits per heavy atom. The lowest BCUT2D eigenvalue weighted by atomic mass is 10.2. The highest BCUT2D eigenvalue weighted by Gasteiger charge is 2.21. The van der Waals surface area contributed by atoms with Gasteiger partial charge in [-0.25, -0.2) is 14.6 Å². The maximum Gasteiger partial charge on any atom is 0.407 e. The predicted molar refractivity (Wildman–Crippen MR) is 165 cm³/mol. The van der Waals surface area contributed by atoms with Gasteiger partial charge in [-0.15, -0.1) is 11.3 Å². The molecular formula is C31H30N6O6S. The van der Waals surface area contributed by atoms with Gasteiger partial charge in [-0.3, -0.25) is 14.2 Å². The van der Waals surface area contributed by atoms with Gasteiger partial charge >= 0.3 is 23.7 Å². The number of carbonyl (C=O) groups is 3. The van der Waals surface area contributed by atoms with Gasteiger partial charge in [-0.05, 0) is 36.8 Å². The molecule has 1 amide bonds. The first-order valence-electron chi connectivity index (χ1n) is 13.8. The van der Waals surface area contributed by atoms with E-state index in [9.17, 15) is 19.2 Å². The van der Waals surface area contributed by atoms with E-state index in [0.717, 1.165) is 39.1 Å². The maximum atomic E-state index is 13.0. The zero-order valence-electron chi connectivity index (χ0n) is 24.0. The molecule has 0 saturated heterocycles. The second-order valence-electron chi connectivity index (χ2n) is 10.0. The van der Waals surface area contributed by atoms with Crippen molar-refractivity contribution in [1.29, 1.82) is 0 Å². The molecule has 0 aliphatic rings. The van der Waals surface area contributed by atoms with E-state index in [4.69, 9.17) is 4.74 Å². The maximum absolute atomic E-state index is 13.0. The van der Waals surface area contributed by atoms with Crippen LogP contribution in [-0.2, 0) is 38.8 Å². The monoisotopic (exact) mass is 614 g/mol. The number of anilines is 1. The number of rotatable bonds is 11. The molecule has 44 heavy (non-hydrogen) atoms. The Balaban J connectivity index is 1.23. The van der Waals surface area contributed by atoms with Crippen molar-refractivity contribution in [3.63, 3.8) is 0 Å². The van der Waals surface area contributed by atoms with Crippen LogP contribution in [0.15, 0.2) is 77.7 Å². The highest BCUT2D eigenvalue weighted by molar-refractivity contribution is 7.15. The summed E-state index contributed by atoms with van der Waals surface area (Å²) in [6.07, 6.45) is 0.437. The number of aromatic nitrogens is 4. The molecule has 0 fully saturated rings. The lowest BCUT2D eigenvalue weighted by Crippen LogP contribution is -2.42. The summed E-state index contributed by atoms with van der Waals surface area (Å²) in [5, 5.41) is 5.80. The molecule has 5 aromatic rings. The number of hydrogen-bond acceptors (Lipinski definition) is 10. The van der Waals surface area contributed by atoms with Crippen molar-refractivity contribution < 1.29 is 23.9 Å². The predicted octanol–water partition coefficient (Wildman–Crippen LogP) is 4.54. The molecule has 3 N–H and O–H groups in total. The summed E-state index contributed by atoms with van der Waals surface area (Å²) < 4.78 is 11.2. The molecule has 3 heterocycles. The molecule has 1 unspecified atom stereocenters. The number of aryl methyl sites for hydroxylation is 1. The fourth-order valence-electron chi connectivity index (χ4n) is 4.48. The molecule has 0 radical (unpaired) electrons. The number of aromatic amines is 1. The Kier molecular flexibility index (Phi) is 9.45. The topological polar surface area (TPSA) is 157 Å². The van der Waals surface area contributed by atoms with Crippen LogP contribution in [0.4, 0.5) is 10.6 Å². The van der Waals surface area contributed by atoms with Gasteiger partial charge in [0.2, 0.25) is 0 Å². The summed E-state index contributed by atoms with van der Waals surface area (Å²) in [7, 11) is 0. The lowest BCUT2D eigenvalue weighted by molar-refractivity contribution is -0.158. The van der Waals surface area contributed by atoms with E-state index in [1.807, 2.05) is 54.6 Å². The summed E-state index contributed by atoms with van der Waals surface area (Å²) >= 11 is 1.57. The summed E-state index contributed by atoms with van der Waals surface area (Å²) in [6.45, 7) is 3.25. The fraction of sp³-hybridized carbons (Fsp3) is 0.226. The molecule has 13 heteroatoms. The van der Waals surface area contributed by atoms with Crippen molar-refractivity contribution in [2.24, 2.45) is 0 Å². The van der Waals surface area contributed by atoms with E-state index in [1.54, 1.807) is 36.6 Å². The van der Waals surface area contributed by atoms with Crippen LogP contribution in [0.25, 0.3) is 21.7 Å². The van der Waals surface area contributed by atoms with E-state index in [2.05, 4.69) is 30.3 Å². The van der Waals surface area contributed by atoms with Crippen molar-refractivity contribution in [3.8, 4) is 10.7 Å². The minimum absolute atomic E-state index is 0.0161. The van der Waals surface area contributed by atoms with Crippen LogP contribution >= 0.6 is 11.3 Å². The molecule has 0 aliphatic heterocycles. The number of esters is 2. The van der Waals surface area contributed by atoms with E-state index in [-0.39, 0.29) is 19.6 Å². The molecular weight excluding hydrogens is 584 g/mol. The number of imidazole rings is 1. The normalized spacial score (nSPS) is 11.6. The van der Waals surface area contributed by atoms with Gasteiger partial charge in [-0.1, -0.05) is 42.5 Å². The van der Waals surface area contributed by atoms with E-state index >= 15 is 0 Å². The molecule has 0 bridgehead atoms. The van der Waals surface area contributed by atoms with Crippen LogP contribution in [0, 0.1) is 6.92 Å². The summed E-state index contributed by atoms with van der Waals surface area (Å²) in [5.41, 5.74) is 2.73. The summed E-state index contributed by atoms with van der Waals surface area (Å²) in [4.78, 5) is 63.1. The molecule has 226 valence electrons. The SMILES string of the molecule is CC(=O)OC(=O)CC(Cn1cc(C)c(NCc2ccc(-c3nc4ccccc4[nH]3)s2)nc1=O)NC(=O)OCc1ccccc1. The number of hydrogen-bond donors (Lipinski definition) is 3. The third-order valence-electron chi connectivity index (χ3n) is 6.51. The van der Waals surface area contributed by atoms with Crippen molar-refractivity contribution in [1.82, 2.24) is 24.8 Å². The van der Waals surface area contributed by atoms with Crippen LogP contribution in [0.3, 0.4) is 0 Å². The molecule has 0 saturated carbocycles. The van der Waals surface area contributed by atoms with E-state index in [1.165, 1.54) is 4.57 Å². The fourth-order valence-corrected chi connectivity index (χ4v) is 5.37. The summed E-state index contributed by atoms with van der Waals surface area (Å²) in [5.74, 6) is -0.424. The van der Waals surface area contributed by atoms with Crippen molar-refractivity contribution >= 4 is 46.2 Å². The Morgan fingerprint density at radius 1 is 1.02 bits per heavy atom. The van der Waals surface area contributed by atoms with Crippen LogP contribution in [0.5, 0.6) is 0 Å². The number of nitrogens with zero attached hydrogens (tertiary/aromatic N) is 3. The smallest absolute Gasteiger partial charge is 0.407 e. The number of para-hydroxylation sites is 2. The average Bonchev–Trinajstić information content (AvgIpc) is 3.64. The second-order valence-corrected chi connectivity index (χ2v) is 11.2. The van der Waals surface area contributed by atoms with Gasteiger partial charge in [0.1, 0.15) is 18.2 Å². The minimum atomic E-state index is -0.911. The zero-order chi connectivity index (χ0) is 31.1. The highest BCUT2D eigenvalue weighted by atomic mass is 32.1. The largest absolute Gasteiger partial charge is 0.445 e. The molecule has 0 spiro atoms. The molecule has 2 aromatic carbocycles. The van der Waals surface area contributed by atoms with Gasteiger partial charge in [0.15, 0.2) is 0 Å². The molecule has 1 atom stereocenters. The number of nitrogens with one attached hydrogen (secondary N) is 3. The third-order valence-corrected chi connectivity index (χ3v) is 7.61. The first-order valence-corrected chi connectivity index (χ1v) is 14.6. The minimum Gasteiger partial charge on any atom is -0.445 e. The zero-order valence-corrected chi connectivity index (χ0v) is 24.8. The Hall–Kier alpha value is -5.30. The summed E-state index contributed by atoms with van der Waals surface area (Å²) in [6, 6.07) is 20.0. The number of H-pyrrole nitrogens is 1. The molecule has 0 aliphatic carbocycles. The van der Waals surface area contributed by atoms with Crippen LogP contribution < -0.4 is 16.3 Å². The number of alkyl carbamates (subject to hydrolysis) is 1. The standard InChI is InChI=1S/C31H30N6O6S/c1-19-16-37(17-22(14-27(39)43-20(2)38)33-31(41)42-18-21-8-4-3-5-9-21)30(40)36-28(19)32-15-23-12-13-26(44-23)29-34-24-10-6-7-11-25(24)35-29/h3-13,16,22H,14-15,17-18H2,1-2H3,(H,33,41)(H,34,35)(H,32,36,40). The molecule has 5 rings (SSSR count). The van der Waals surface area contributed by atoms with Gasteiger partial charge in [0.25, 0.3) is 0 Å². The molecule has 12 nitrogen and oxygen atoms in total. The van der Waals surface area contributed by atoms with Gasteiger partial charge in [0.05, 0.1) is 34.9 Å². The number of benzene rings is 2. The first kappa shape index (κ1) is 30.2. The second kappa shape index (κ2) is 13.8. The molecule has 3 aromatic heterocycles.